The number of hydrogen-bond acceptors (Lipinski definition) is 4. The molecule has 0 amide bonds. The molecule has 0 aliphatic carbocycles. The van der Waals surface area contributed by atoms with Crippen molar-refractivity contribution in [2.75, 3.05) is 25.5 Å². The van der Waals surface area contributed by atoms with Gasteiger partial charge in [-0.15, -0.1) is 0 Å². The highest BCUT2D eigenvalue weighted by molar-refractivity contribution is 5.89. The van der Waals surface area contributed by atoms with Crippen molar-refractivity contribution in [2.45, 2.75) is 25.3 Å². The van der Waals surface area contributed by atoms with Gasteiger partial charge < -0.3 is 10.2 Å². The van der Waals surface area contributed by atoms with Gasteiger partial charge in [-0.1, -0.05) is 6.07 Å². The lowest BCUT2D eigenvalue weighted by molar-refractivity contribution is 0.301. The van der Waals surface area contributed by atoms with Crippen molar-refractivity contribution in [3.05, 3.63) is 30.3 Å². The van der Waals surface area contributed by atoms with E-state index in [1.807, 2.05) is 0 Å². The smallest absolute Gasteiger partial charge is 0.140 e. The topological polar surface area (TPSA) is 41.0 Å². The Kier molecular flexibility index (Phi) is 3.78. The van der Waals surface area contributed by atoms with Gasteiger partial charge in [-0.3, -0.25) is 0 Å². The van der Waals surface area contributed by atoms with Crippen LogP contribution in [0.1, 0.15) is 19.3 Å². The molecule has 0 bridgehead atoms. The number of rotatable bonds is 4. The zero-order chi connectivity index (χ0) is 13.9. The van der Waals surface area contributed by atoms with Gasteiger partial charge in [0.2, 0.25) is 0 Å². The zero-order valence-corrected chi connectivity index (χ0v) is 11.6. The molecule has 1 atom stereocenters. The number of nitrogens with one attached hydrogen (secondary N) is 1. The normalized spacial score (nSPS) is 19.6. The van der Waals surface area contributed by atoms with E-state index in [0.717, 1.165) is 13.0 Å². The molecule has 1 saturated heterocycles. The summed E-state index contributed by atoms with van der Waals surface area (Å²) < 4.78 is 13.9. The monoisotopic (exact) mass is 274 g/mol. The highest BCUT2D eigenvalue weighted by Gasteiger charge is 2.20. The standard InChI is InChI=1S/C15H19FN4/c1-20-9-3-4-11(20)7-8-17-15-14-12(16)5-2-6-13(14)18-10-19-15/h2,5-6,10-11H,3-4,7-9H2,1H3,(H,17,18,19)/t11-/m0/s1. The van der Waals surface area contributed by atoms with Crippen LogP contribution < -0.4 is 5.32 Å². The highest BCUT2D eigenvalue weighted by Crippen LogP contribution is 2.23. The SMILES string of the molecule is CN1CCC[C@H]1CCNc1ncnc2cccc(F)c12. The third kappa shape index (κ3) is 2.58. The first-order valence-corrected chi connectivity index (χ1v) is 7.09. The number of aromatic nitrogens is 2. The van der Waals surface area contributed by atoms with Gasteiger partial charge >= 0.3 is 0 Å². The molecule has 1 aromatic carbocycles. The second kappa shape index (κ2) is 5.71. The highest BCUT2D eigenvalue weighted by atomic mass is 19.1. The first-order valence-electron chi connectivity index (χ1n) is 7.09. The van der Waals surface area contributed by atoms with Crippen LogP contribution in [0.4, 0.5) is 10.2 Å². The molecule has 3 rings (SSSR count). The van der Waals surface area contributed by atoms with E-state index in [9.17, 15) is 4.39 Å². The van der Waals surface area contributed by atoms with E-state index >= 15 is 0 Å². The van der Waals surface area contributed by atoms with Crippen molar-refractivity contribution in [1.29, 1.82) is 0 Å². The van der Waals surface area contributed by atoms with Gasteiger partial charge in [0.15, 0.2) is 0 Å². The number of nitrogens with zero attached hydrogens (tertiary/aromatic N) is 3. The number of likely N-dealkylation sites (tertiary alicyclic amines) is 1. The molecule has 1 aliphatic heterocycles. The lowest BCUT2D eigenvalue weighted by Gasteiger charge is -2.19. The average Bonchev–Trinajstić information content (AvgIpc) is 2.85. The van der Waals surface area contributed by atoms with Crippen LogP contribution in [0, 0.1) is 5.82 Å². The van der Waals surface area contributed by atoms with E-state index in [0.29, 0.717) is 22.8 Å². The molecule has 2 heterocycles. The Bertz CT molecular complexity index is 596. The molecule has 20 heavy (non-hydrogen) atoms. The van der Waals surface area contributed by atoms with Gasteiger partial charge in [-0.2, -0.15) is 0 Å². The maximum Gasteiger partial charge on any atom is 0.140 e. The van der Waals surface area contributed by atoms with E-state index in [1.165, 1.54) is 31.8 Å². The molecule has 1 N–H and O–H groups in total. The van der Waals surface area contributed by atoms with Gasteiger partial charge in [0, 0.05) is 12.6 Å². The summed E-state index contributed by atoms with van der Waals surface area (Å²) in [4.78, 5) is 10.7. The fourth-order valence-corrected chi connectivity index (χ4v) is 2.90. The van der Waals surface area contributed by atoms with Gasteiger partial charge in [0.05, 0.1) is 10.9 Å². The summed E-state index contributed by atoms with van der Waals surface area (Å²) in [6, 6.07) is 5.54. The summed E-state index contributed by atoms with van der Waals surface area (Å²) in [5.74, 6) is 0.317. The third-order valence-electron chi connectivity index (χ3n) is 4.05. The van der Waals surface area contributed by atoms with Gasteiger partial charge in [-0.25, -0.2) is 14.4 Å². The second-order valence-corrected chi connectivity index (χ2v) is 5.35. The molecular formula is C15H19FN4. The van der Waals surface area contributed by atoms with Crippen LogP contribution in [0.2, 0.25) is 0 Å². The Labute approximate surface area is 118 Å². The Balaban J connectivity index is 1.71. The molecule has 2 aromatic rings. The molecule has 106 valence electrons. The summed E-state index contributed by atoms with van der Waals surface area (Å²) >= 11 is 0. The number of benzene rings is 1. The van der Waals surface area contributed by atoms with Crippen LogP contribution in [0.25, 0.3) is 10.9 Å². The maximum atomic E-state index is 13.9. The fraction of sp³-hybridized carbons (Fsp3) is 0.467. The predicted molar refractivity (Wildman–Crippen MR) is 78.3 cm³/mol. The van der Waals surface area contributed by atoms with Crippen molar-refractivity contribution in [1.82, 2.24) is 14.9 Å². The van der Waals surface area contributed by atoms with E-state index < -0.39 is 0 Å². The summed E-state index contributed by atoms with van der Waals surface area (Å²) in [6.45, 7) is 1.98. The molecule has 0 saturated carbocycles. The fourth-order valence-electron chi connectivity index (χ4n) is 2.90. The number of hydrogen-bond donors (Lipinski definition) is 1. The van der Waals surface area contributed by atoms with Crippen molar-refractivity contribution in [2.24, 2.45) is 0 Å². The van der Waals surface area contributed by atoms with Crippen molar-refractivity contribution in [3.63, 3.8) is 0 Å². The van der Waals surface area contributed by atoms with Crippen LogP contribution in [0.5, 0.6) is 0 Å². The number of fused-ring (bicyclic) bond motifs is 1. The predicted octanol–water partition coefficient (Wildman–Crippen LogP) is 2.67. The third-order valence-corrected chi connectivity index (χ3v) is 4.05. The quantitative estimate of drug-likeness (QED) is 0.930. The van der Waals surface area contributed by atoms with E-state index in [4.69, 9.17) is 0 Å². The van der Waals surface area contributed by atoms with E-state index in [1.54, 1.807) is 12.1 Å². The average molecular weight is 274 g/mol. The Morgan fingerprint density at radius 2 is 2.30 bits per heavy atom. The summed E-state index contributed by atoms with van der Waals surface area (Å²) in [5, 5.41) is 3.74. The molecule has 1 aliphatic rings. The summed E-state index contributed by atoms with van der Waals surface area (Å²) in [5.41, 5.74) is 0.639. The van der Waals surface area contributed by atoms with Crippen molar-refractivity contribution >= 4 is 16.7 Å². The number of halogens is 1. The molecule has 0 unspecified atom stereocenters. The molecule has 5 heteroatoms. The lowest BCUT2D eigenvalue weighted by atomic mass is 10.1. The molecule has 4 nitrogen and oxygen atoms in total. The minimum absolute atomic E-state index is 0.274. The first-order chi connectivity index (χ1) is 9.75. The number of anilines is 1. The van der Waals surface area contributed by atoms with Gasteiger partial charge in [0.25, 0.3) is 0 Å². The van der Waals surface area contributed by atoms with E-state index in [-0.39, 0.29) is 5.82 Å². The van der Waals surface area contributed by atoms with Crippen LogP contribution >= 0.6 is 0 Å². The van der Waals surface area contributed by atoms with Crippen LogP contribution in [-0.2, 0) is 0 Å². The Morgan fingerprint density at radius 3 is 3.10 bits per heavy atom. The van der Waals surface area contributed by atoms with Gasteiger partial charge in [0.1, 0.15) is 18.0 Å². The molecule has 1 aromatic heterocycles. The summed E-state index contributed by atoms with van der Waals surface area (Å²) in [7, 11) is 2.16. The van der Waals surface area contributed by atoms with Crippen LogP contribution in [-0.4, -0.2) is 41.0 Å². The van der Waals surface area contributed by atoms with E-state index in [2.05, 4.69) is 27.2 Å². The van der Waals surface area contributed by atoms with Crippen LogP contribution in [0.15, 0.2) is 24.5 Å². The molecule has 1 fully saturated rings. The van der Waals surface area contributed by atoms with Gasteiger partial charge in [-0.05, 0) is 45.0 Å². The van der Waals surface area contributed by atoms with Crippen molar-refractivity contribution in [3.8, 4) is 0 Å². The second-order valence-electron chi connectivity index (χ2n) is 5.35. The Hall–Kier alpha value is -1.75. The molecule has 0 spiro atoms. The Morgan fingerprint density at radius 1 is 1.40 bits per heavy atom. The minimum Gasteiger partial charge on any atom is -0.369 e. The largest absolute Gasteiger partial charge is 0.369 e. The molecule has 0 radical (unpaired) electrons. The lowest BCUT2D eigenvalue weighted by Crippen LogP contribution is -2.27. The molecular weight excluding hydrogens is 255 g/mol. The minimum atomic E-state index is -0.274. The first kappa shape index (κ1) is 13.2. The summed E-state index contributed by atoms with van der Waals surface area (Å²) in [6.07, 6.45) is 5.05. The van der Waals surface area contributed by atoms with Crippen LogP contribution in [0.3, 0.4) is 0 Å². The van der Waals surface area contributed by atoms with Crippen molar-refractivity contribution < 1.29 is 4.39 Å². The zero-order valence-electron chi connectivity index (χ0n) is 11.6. The maximum absolute atomic E-state index is 13.9.